The Morgan fingerprint density at radius 2 is 2.13 bits per heavy atom. The number of nitrogens with one attached hydrogen (secondary N) is 1. The van der Waals surface area contributed by atoms with Gasteiger partial charge < -0.3 is 5.32 Å². The molecule has 1 saturated carbocycles. The number of hydrogen-bond donors (Lipinski definition) is 1. The van der Waals surface area contributed by atoms with Crippen molar-refractivity contribution in [3.05, 3.63) is 36.5 Å². The van der Waals surface area contributed by atoms with Gasteiger partial charge in [0.25, 0.3) is 0 Å². The lowest BCUT2D eigenvalue weighted by Crippen LogP contribution is -2.36. The summed E-state index contributed by atoms with van der Waals surface area (Å²) in [5.41, 5.74) is 1.75. The Labute approximate surface area is 137 Å². The first-order valence-electron chi connectivity index (χ1n) is 8.51. The number of nitrogens with zero attached hydrogens (tertiary/aromatic N) is 2. The van der Waals surface area contributed by atoms with E-state index in [1.807, 2.05) is 30.3 Å². The van der Waals surface area contributed by atoms with E-state index in [0.717, 1.165) is 29.6 Å². The zero-order valence-electron chi connectivity index (χ0n) is 14.0. The van der Waals surface area contributed by atoms with Crippen molar-refractivity contribution in [3.63, 3.8) is 0 Å². The maximum atomic E-state index is 12.5. The normalized spacial score (nSPS) is 14.6. The van der Waals surface area contributed by atoms with E-state index in [1.54, 1.807) is 6.20 Å². The quantitative estimate of drug-likeness (QED) is 0.848. The number of anilines is 1. The topological polar surface area (TPSA) is 45.2 Å². The minimum Gasteiger partial charge on any atom is -0.324 e. The highest BCUT2D eigenvalue weighted by Gasteiger charge is 2.30. The third kappa shape index (κ3) is 4.29. The van der Waals surface area contributed by atoms with Crippen molar-refractivity contribution in [2.75, 3.05) is 18.4 Å². The van der Waals surface area contributed by atoms with E-state index < -0.39 is 0 Å². The Morgan fingerprint density at radius 3 is 2.87 bits per heavy atom. The van der Waals surface area contributed by atoms with Crippen molar-refractivity contribution >= 4 is 22.5 Å². The molecule has 0 spiro atoms. The molecule has 0 aliphatic heterocycles. The van der Waals surface area contributed by atoms with Crippen LogP contribution in [-0.4, -0.2) is 34.9 Å². The first-order valence-corrected chi connectivity index (χ1v) is 8.51. The highest BCUT2D eigenvalue weighted by Crippen LogP contribution is 2.27. The number of carbonyl (C=O) groups is 1. The fraction of sp³-hybridized carbons (Fsp3) is 0.474. The molecule has 1 heterocycles. The first kappa shape index (κ1) is 15.9. The summed E-state index contributed by atoms with van der Waals surface area (Å²) < 4.78 is 0. The van der Waals surface area contributed by atoms with E-state index in [0.29, 0.717) is 18.5 Å². The molecule has 1 aromatic carbocycles. The molecule has 0 atom stereocenters. The molecule has 0 radical (unpaired) electrons. The van der Waals surface area contributed by atoms with Crippen molar-refractivity contribution in [2.45, 2.75) is 39.2 Å². The number of benzene rings is 1. The molecule has 4 nitrogen and oxygen atoms in total. The van der Waals surface area contributed by atoms with Gasteiger partial charge in [0.05, 0.1) is 17.7 Å². The minimum absolute atomic E-state index is 0.0667. The molecule has 1 fully saturated rings. The van der Waals surface area contributed by atoms with Crippen LogP contribution in [0, 0.1) is 5.92 Å². The Bertz CT molecular complexity index is 674. The Hall–Kier alpha value is -1.94. The number of hydrogen-bond acceptors (Lipinski definition) is 3. The highest BCUT2D eigenvalue weighted by atomic mass is 16.2. The second-order valence-electron chi connectivity index (χ2n) is 6.81. The predicted octanol–water partition coefficient (Wildman–Crippen LogP) is 3.68. The highest BCUT2D eigenvalue weighted by molar-refractivity contribution is 6.01. The lowest BCUT2D eigenvalue weighted by molar-refractivity contribution is -0.117. The van der Waals surface area contributed by atoms with Gasteiger partial charge in [0.2, 0.25) is 5.91 Å². The summed E-state index contributed by atoms with van der Waals surface area (Å²) >= 11 is 0. The van der Waals surface area contributed by atoms with Gasteiger partial charge in [-0.3, -0.25) is 14.7 Å². The summed E-state index contributed by atoms with van der Waals surface area (Å²) in [6.45, 7) is 5.95. The van der Waals surface area contributed by atoms with Crippen molar-refractivity contribution in [3.8, 4) is 0 Å². The van der Waals surface area contributed by atoms with Crippen molar-refractivity contribution < 1.29 is 4.79 Å². The standard InChI is InChI=1S/C19H25N3O/c1-14(2)10-12-22(15-8-9-15)13-19(23)21-18-7-3-6-17-16(18)5-4-11-20-17/h3-7,11,14-15H,8-10,12-13H2,1-2H3,(H,21,23). The molecule has 1 aromatic heterocycles. The van der Waals surface area contributed by atoms with Gasteiger partial charge in [0, 0.05) is 17.6 Å². The van der Waals surface area contributed by atoms with E-state index in [9.17, 15) is 4.79 Å². The number of aromatic nitrogens is 1. The fourth-order valence-electron chi connectivity index (χ4n) is 2.84. The molecule has 0 unspecified atom stereocenters. The molecule has 4 heteroatoms. The fourth-order valence-corrected chi connectivity index (χ4v) is 2.84. The van der Waals surface area contributed by atoms with Crippen LogP contribution in [0.1, 0.15) is 33.1 Å². The second-order valence-corrected chi connectivity index (χ2v) is 6.81. The molecule has 3 rings (SSSR count). The Balaban J connectivity index is 1.65. The van der Waals surface area contributed by atoms with Gasteiger partial charge in [0.15, 0.2) is 0 Å². The van der Waals surface area contributed by atoms with Crippen LogP contribution < -0.4 is 5.32 Å². The van der Waals surface area contributed by atoms with Gasteiger partial charge in [-0.1, -0.05) is 19.9 Å². The molecular formula is C19H25N3O. The van der Waals surface area contributed by atoms with Crippen LogP contribution in [0.15, 0.2) is 36.5 Å². The average Bonchev–Trinajstić information content (AvgIpc) is 3.36. The lowest BCUT2D eigenvalue weighted by Gasteiger charge is -2.22. The number of carbonyl (C=O) groups excluding carboxylic acids is 1. The van der Waals surface area contributed by atoms with Gasteiger partial charge in [-0.2, -0.15) is 0 Å². The maximum Gasteiger partial charge on any atom is 0.238 e. The average molecular weight is 311 g/mol. The summed E-state index contributed by atoms with van der Waals surface area (Å²) in [7, 11) is 0. The van der Waals surface area contributed by atoms with Gasteiger partial charge in [-0.25, -0.2) is 0 Å². The molecule has 1 N–H and O–H groups in total. The molecular weight excluding hydrogens is 286 g/mol. The van der Waals surface area contributed by atoms with Gasteiger partial charge >= 0.3 is 0 Å². The van der Waals surface area contributed by atoms with Crippen LogP contribution in [-0.2, 0) is 4.79 Å². The molecule has 1 amide bonds. The zero-order valence-corrected chi connectivity index (χ0v) is 14.0. The van der Waals surface area contributed by atoms with Crippen molar-refractivity contribution in [2.24, 2.45) is 5.92 Å². The van der Waals surface area contributed by atoms with Crippen LogP contribution >= 0.6 is 0 Å². The van der Waals surface area contributed by atoms with E-state index in [2.05, 4.69) is 29.0 Å². The molecule has 23 heavy (non-hydrogen) atoms. The molecule has 2 aromatic rings. The molecule has 122 valence electrons. The van der Waals surface area contributed by atoms with E-state index in [4.69, 9.17) is 0 Å². The maximum absolute atomic E-state index is 12.5. The number of pyridine rings is 1. The lowest BCUT2D eigenvalue weighted by atomic mass is 10.1. The number of rotatable bonds is 7. The van der Waals surface area contributed by atoms with Crippen LogP contribution in [0.2, 0.25) is 0 Å². The zero-order chi connectivity index (χ0) is 16.2. The monoisotopic (exact) mass is 311 g/mol. The summed E-state index contributed by atoms with van der Waals surface area (Å²) in [4.78, 5) is 19.1. The van der Waals surface area contributed by atoms with Crippen molar-refractivity contribution in [1.82, 2.24) is 9.88 Å². The number of fused-ring (bicyclic) bond motifs is 1. The van der Waals surface area contributed by atoms with Gasteiger partial charge in [-0.15, -0.1) is 0 Å². The van der Waals surface area contributed by atoms with E-state index in [-0.39, 0.29) is 5.91 Å². The third-order valence-electron chi connectivity index (χ3n) is 4.32. The van der Waals surface area contributed by atoms with Crippen LogP contribution in [0.25, 0.3) is 10.9 Å². The molecule has 0 bridgehead atoms. The smallest absolute Gasteiger partial charge is 0.238 e. The molecule has 0 saturated heterocycles. The second kappa shape index (κ2) is 7.09. The minimum atomic E-state index is 0.0667. The Morgan fingerprint density at radius 1 is 1.30 bits per heavy atom. The summed E-state index contributed by atoms with van der Waals surface area (Å²) in [6.07, 6.45) is 5.36. The van der Waals surface area contributed by atoms with E-state index >= 15 is 0 Å². The van der Waals surface area contributed by atoms with Crippen LogP contribution in [0.4, 0.5) is 5.69 Å². The summed E-state index contributed by atoms with van der Waals surface area (Å²) in [5.74, 6) is 0.737. The van der Waals surface area contributed by atoms with Gasteiger partial charge in [-0.05, 0) is 56.0 Å². The number of amides is 1. The summed E-state index contributed by atoms with van der Waals surface area (Å²) in [5, 5.41) is 4.05. The van der Waals surface area contributed by atoms with Crippen molar-refractivity contribution in [1.29, 1.82) is 0 Å². The predicted molar refractivity (Wildman–Crippen MR) is 94.4 cm³/mol. The third-order valence-corrected chi connectivity index (χ3v) is 4.32. The molecule has 1 aliphatic rings. The Kier molecular flexibility index (Phi) is 4.91. The summed E-state index contributed by atoms with van der Waals surface area (Å²) in [6, 6.07) is 10.3. The largest absolute Gasteiger partial charge is 0.324 e. The molecule has 1 aliphatic carbocycles. The first-order chi connectivity index (χ1) is 11.1. The SMILES string of the molecule is CC(C)CCN(CC(=O)Nc1cccc2ncccc12)C1CC1. The van der Waals surface area contributed by atoms with Gasteiger partial charge in [0.1, 0.15) is 0 Å². The van der Waals surface area contributed by atoms with E-state index in [1.165, 1.54) is 12.8 Å². The van der Waals surface area contributed by atoms with Crippen LogP contribution in [0.3, 0.4) is 0 Å². The van der Waals surface area contributed by atoms with Crippen LogP contribution in [0.5, 0.6) is 0 Å².